The van der Waals surface area contributed by atoms with Gasteiger partial charge in [-0.3, -0.25) is 4.79 Å². The first-order valence-corrected chi connectivity index (χ1v) is 18.7. The quantitative estimate of drug-likeness (QED) is 0.214. The summed E-state index contributed by atoms with van der Waals surface area (Å²) in [5.74, 6) is 2.88. The molecule has 5 fully saturated rings. The van der Waals surface area contributed by atoms with E-state index in [0.29, 0.717) is 6.42 Å². The normalized spacial score (nSPS) is 25.2. The second-order valence-corrected chi connectivity index (χ2v) is 17.9. The first-order valence-electron chi connectivity index (χ1n) is 18.7. The highest BCUT2D eigenvalue weighted by molar-refractivity contribution is 5.99. The van der Waals surface area contributed by atoms with E-state index >= 15 is 0 Å². The molecule has 1 saturated heterocycles. The van der Waals surface area contributed by atoms with Gasteiger partial charge in [-0.2, -0.15) is 0 Å². The van der Waals surface area contributed by atoms with Crippen molar-refractivity contribution in [2.24, 2.45) is 17.8 Å². The maximum Gasteiger partial charge on any atom is 0.227 e. The molecule has 1 aliphatic heterocycles. The highest BCUT2D eigenvalue weighted by Crippen LogP contribution is 2.62. The van der Waals surface area contributed by atoms with Crippen molar-refractivity contribution >= 4 is 11.6 Å². The Morgan fingerprint density at radius 2 is 1.10 bits per heavy atom. The number of anilines is 1. The number of nitrogens with zero attached hydrogens (tertiary/aromatic N) is 1. The van der Waals surface area contributed by atoms with E-state index < -0.39 is 0 Å². The summed E-state index contributed by atoms with van der Waals surface area (Å²) < 4.78 is 0. The van der Waals surface area contributed by atoms with E-state index in [9.17, 15) is 4.79 Å². The molecule has 4 bridgehead atoms. The summed E-state index contributed by atoms with van der Waals surface area (Å²) in [6, 6.07) is 32.6. The van der Waals surface area contributed by atoms with E-state index in [0.717, 1.165) is 36.4 Å². The lowest BCUT2D eigenvalue weighted by Gasteiger charge is -2.57. The smallest absolute Gasteiger partial charge is 0.227 e. The zero-order chi connectivity index (χ0) is 33.4. The Kier molecular flexibility index (Phi) is 7.55. The topological polar surface area (TPSA) is 20.3 Å². The molecule has 2 heteroatoms. The van der Waals surface area contributed by atoms with Crippen LogP contribution in [0, 0.1) is 17.8 Å². The van der Waals surface area contributed by atoms with Gasteiger partial charge in [0, 0.05) is 18.7 Å². The minimum absolute atomic E-state index is 0.00595. The molecule has 248 valence electrons. The number of amides is 1. The minimum Gasteiger partial charge on any atom is -0.312 e. The molecule has 0 atom stereocenters. The van der Waals surface area contributed by atoms with Crippen LogP contribution < -0.4 is 4.90 Å². The molecule has 0 spiro atoms. The van der Waals surface area contributed by atoms with Crippen LogP contribution in [0.3, 0.4) is 0 Å². The number of carbonyl (C=O) groups excluding carboxylic acids is 1. The van der Waals surface area contributed by atoms with E-state index in [1.165, 1.54) is 83.0 Å². The molecule has 0 radical (unpaired) electrons. The van der Waals surface area contributed by atoms with Crippen LogP contribution in [0.2, 0.25) is 0 Å². The fourth-order valence-electron chi connectivity index (χ4n) is 10.6. The Morgan fingerprint density at radius 1 is 0.625 bits per heavy atom. The first kappa shape index (κ1) is 31.6. The zero-order valence-corrected chi connectivity index (χ0v) is 30.0. The molecule has 48 heavy (non-hydrogen) atoms. The third-order valence-electron chi connectivity index (χ3n) is 12.4. The van der Waals surface area contributed by atoms with Crippen LogP contribution in [0.15, 0.2) is 84.9 Å². The average molecular weight is 636 g/mol. The predicted octanol–water partition coefficient (Wildman–Crippen LogP) is 11.9. The maximum atomic E-state index is 12.7. The standard InChI is InChI=1S/C46H53NO/c1-44(2,3)40-14-9-7-12-36(40)38-25-34(46-27-30-22-31(28-46)24-32(23-30)29-46)26-39(37-13-8-10-15-41(37)45(4,5)6)43(38)33-17-19-35(20-18-33)47-21-11-16-42(47)48/h7-10,12-15,17-20,25-26,30-32H,11,16,21-24,27-29H2,1-6H3. The molecular formula is C46H53NO. The van der Waals surface area contributed by atoms with Crippen LogP contribution in [0.4, 0.5) is 5.69 Å². The summed E-state index contributed by atoms with van der Waals surface area (Å²) in [6.07, 6.45) is 9.96. The summed E-state index contributed by atoms with van der Waals surface area (Å²) >= 11 is 0. The molecule has 0 N–H and O–H groups in total. The van der Waals surface area contributed by atoms with Gasteiger partial charge in [0.2, 0.25) is 5.91 Å². The maximum absolute atomic E-state index is 12.7. The number of carbonyl (C=O) groups is 1. The van der Waals surface area contributed by atoms with E-state index in [4.69, 9.17) is 0 Å². The Balaban J connectivity index is 1.43. The van der Waals surface area contributed by atoms with E-state index in [-0.39, 0.29) is 22.2 Å². The average Bonchev–Trinajstić information content (AvgIpc) is 3.48. The van der Waals surface area contributed by atoms with Crippen molar-refractivity contribution in [3.63, 3.8) is 0 Å². The number of hydrogen-bond acceptors (Lipinski definition) is 1. The number of benzene rings is 4. The zero-order valence-electron chi connectivity index (χ0n) is 30.0. The molecule has 4 aliphatic carbocycles. The third-order valence-corrected chi connectivity index (χ3v) is 12.4. The van der Waals surface area contributed by atoms with E-state index in [2.05, 4.69) is 126 Å². The fourth-order valence-corrected chi connectivity index (χ4v) is 10.6. The highest BCUT2D eigenvalue weighted by Gasteiger charge is 2.52. The minimum atomic E-state index is -0.00595. The van der Waals surface area contributed by atoms with Crippen molar-refractivity contribution in [1.82, 2.24) is 0 Å². The van der Waals surface area contributed by atoms with Crippen LogP contribution in [-0.4, -0.2) is 12.5 Å². The summed E-state index contributed by atoms with van der Waals surface area (Å²) in [6.45, 7) is 14.9. The molecule has 4 saturated carbocycles. The summed E-state index contributed by atoms with van der Waals surface area (Å²) in [5, 5.41) is 0. The van der Waals surface area contributed by atoms with Crippen LogP contribution in [0.25, 0.3) is 33.4 Å². The largest absolute Gasteiger partial charge is 0.312 e. The van der Waals surface area contributed by atoms with E-state index in [1.807, 2.05) is 4.90 Å². The van der Waals surface area contributed by atoms with Crippen LogP contribution >= 0.6 is 0 Å². The molecule has 5 aliphatic rings. The molecule has 4 aromatic carbocycles. The van der Waals surface area contributed by atoms with Crippen molar-refractivity contribution in [1.29, 1.82) is 0 Å². The van der Waals surface area contributed by atoms with Crippen molar-refractivity contribution in [2.45, 2.75) is 109 Å². The summed E-state index contributed by atoms with van der Waals surface area (Å²) in [5.41, 5.74) is 13.6. The van der Waals surface area contributed by atoms with Gasteiger partial charge in [-0.1, -0.05) is 102 Å². The van der Waals surface area contributed by atoms with Crippen molar-refractivity contribution in [3.8, 4) is 33.4 Å². The Hall–Kier alpha value is -3.65. The van der Waals surface area contributed by atoms with Crippen molar-refractivity contribution in [2.75, 3.05) is 11.4 Å². The molecule has 2 nitrogen and oxygen atoms in total. The van der Waals surface area contributed by atoms with Crippen LogP contribution in [0.5, 0.6) is 0 Å². The van der Waals surface area contributed by atoms with Gasteiger partial charge in [0.25, 0.3) is 0 Å². The Morgan fingerprint density at radius 3 is 1.54 bits per heavy atom. The number of hydrogen-bond donors (Lipinski definition) is 0. The Bertz CT molecular complexity index is 1750. The van der Waals surface area contributed by atoms with Gasteiger partial charge < -0.3 is 4.90 Å². The molecule has 1 heterocycles. The molecule has 1 amide bonds. The lowest BCUT2D eigenvalue weighted by atomic mass is 9.48. The first-order chi connectivity index (χ1) is 22.9. The summed E-state index contributed by atoms with van der Waals surface area (Å²) in [7, 11) is 0. The van der Waals surface area contributed by atoms with Gasteiger partial charge in [0.05, 0.1) is 0 Å². The lowest BCUT2D eigenvalue weighted by Crippen LogP contribution is -2.48. The molecule has 9 rings (SSSR count). The fraction of sp³-hybridized carbons (Fsp3) is 0.457. The van der Waals surface area contributed by atoms with Gasteiger partial charge in [-0.15, -0.1) is 0 Å². The highest BCUT2D eigenvalue weighted by atomic mass is 16.2. The SMILES string of the molecule is CC(C)(C)c1ccccc1-c1cc(C23CC4CC(CC(C4)C2)C3)cc(-c2ccccc2C(C)(C)C)c1-c1ccc(N2CCCC2=O)cc1. The number of rotatable bonds is 5. The second-order valence-electron chi connectivity index (χ2n) is 17.9. The Labute approximate surface area is 289 Å². The monoisotopic (exact) mass is 635 g/mol. The van der Waals surface area contributed by atoms with Gasteiger partial charge in [-0.25, -0.2) is 0 Å². The second kappa shape index (κ2) is 11.5. The van der Waals surface area contributed by atoms with Gasteiger partial charge in [0.1, 0.15) is 0 Å². The van der Waals surface area contributed by atoms with E-state index in [1.54, 1.807) is 5.56 Å². The molecular weight excluding hydrogens is 583 g/mol. The third kappa shape index (κ3) is 5.44. The lowest BCUT2D eigenvalue weighted by molar-refractivity contribution is -0.117. The molecule has 0 aromatic heterocycles. The van der Waals surface area contributed by atoms with Gasteiger partial charge in [-0.05, 0) is 153 Å². The van der Waals surface area contributed by atoms with Crippen LogP contribution in [0.1, 0.15) is 110 Å². The summed E-state index contributed by atoms with van der Waals surface area (Å²) in [4.78, 5) is 14.7. The predicted molar refractivity (Wildman–Crippen MR) is 202 cm³/mol. The van der Waals surface area contributed by atoms with Crippen molar-refractivity contribution < 1.29 is 4.79 Å². The van der Waals surface area contributed by atoms with Gasteiger partial charge >= 0.3 is 0 Å². The van der Waals surface area contributed by atoms with Crippen LogP contribution in [-0.2, 0) is 21.0 Å². The van der Waals surface area contributed by atoms with Crippen molar-refractivity contribution in [3.05, 3.63) is 102 Å². The van der Waals surface area contributed by atoms with Gasteiger partial charge in [0.15, 0.2) is 0 Å². The molecule has 4 aromatic rings. The molecule has 0 unspecified atom stereocenters.